The van der Waals surface area contributed by atoms with Crippen LogP contribution < -0.4 is 5.32 Å². The Morgan fingerprint density at radius 2 is 1.63 bits per heavy atom. The van der Waals surface area contributed by atoms with Crippen molar-refractivity contribution in [1.82, 2.24) is 20.0 Å². The second kappa shape index (κ2) is 9.57. The van der Waals surface area contributed by atoms with E-state index in [4.69, 9.17) is 0 Å². The highest BCUT2D eigenvalue weighted by molar-refractivity contribution is 5.85. The maximum absolute atomic E-state index is 12.9. The van der Waals surface area contributed by atoms with E-state index in [-0.39, 0.29) is 36.9 Å². The van der Waals surface area contributed by atoms with Crippen molar-refractivity contribution in [3.05, 3.63) is 0 Å². The van der Waals surface area contributed by atoms with Crippen LogP contribution in [0.5, 0.6) is 0 Å². The summed E-state index contributed by atoms with van der Waals surface area (Å²) in [6.45, 7) is 5.82. The van der Waals surface area contributed by atoms with Gasteiger partial charge in [0.25, 0.3) is 0 Å². The van der Waals surface area contributed by atoms with Gasteiger partial charge in [0.1, 0.15) is 6.04 Å². The van der Waals surface area contributed by atoms with Crippen LogP contribution in [0.3, 0.4) is 0 Å². The first-order valence-corrected chi connectivity index (χ1v) is 9.63. The van der Waals surface area contributed by atoms with E-state index in [1.165, 1.54) is 18.7 Å². The number of carboxylic acid groups (broad SMARTS) is 1. The molecule has 0 aromatic heterocycles. The van der Waals surface area contributed by atoms with Gasteiger partial charge in [-0.25, -0.2) is 9.59 Å². The van der Waals surface area contributed by atoms with Crippen LogP contribution in [-0.2, 0) is 14.4 Å². The molecule has 0 spiro atoms. The van der Waals surface area contributed by atoms with Crippen molar-refractivity contribution in [3.63, 3.8) is 0 Å². The normalized spacial score (nSPS) is 18.9. The quantitative estimate of drug-likeness (QED) is 0.689. The van der Waals surface area contributed by atoms with Crippen molar-refractivity contribution in [2.24, 2.45) is 5.92 Å². The van der Waals surface area contributed by atoms with E-state index < -0.39 is 12.0 Å². The minimum atomic E-state index is -1.08. The molecular formula is C18H30N4O5. The summed E-state index contributed by atoms with van der Waals surface area (Å²) in [5.74, 6) is -1.82. The van der Waals surface area contributed by atoms with Gasteiger partial charge in [0.15, 0.2) is 0 Å². The number of urea groups is 1. The van der Waals surface area contributed by atoms with E-state index in [0.717, 1.165) is 25.9 Å². The third-order valence-corrected chi connectivity index (χ3v) is 5.33. The molecule has 0 aromatic rings. The molecular weight excluding hydrogens is 352 g/mol. The van der Waals surface area contributed by atoms with Gasteiger partial charge in [0.05, 0.1) is 0 Å². The van der Waals surface area contributed by atoms with E-state index in [2.05, 4.69) is 5.32 Å². The van der Waals surface area contributed by atoms with E-state index >= 15 is 0 Å². The first-order valence-electron chi connectivity index (χ1n) is 9.63. The molecule has 0 radical (unpaired) electrons. The number of piperidine rings is 1. The number of carboxylic acids is 1. The van der Waals surface area contributed by atoms with Gasteiger partial charge in [-0.1, -0.05) is 0 Å². The Bertz CT molecular complexity index is 568. The second-order valence-corrected chi connectivity index (χ2v) is 7.27. The van der Waals surface area contributed by atoms with Crippen LogP contribution >= 0.6 is 0 Å². The molecule has 1 atom stereocenters. The highest BCUT2D eigenvalue weighted by atomic mass is 16.4. The molecule has 9 heteroatoms. The molecule has 2 heterocycles. The van der Waals surface area contributed by atoms with Crippen molar-refractivity contribution >= 4 is 23.8 Å². The maximum Gasteiger partial charge on any atom is 0.326 e. The lowest BCUT2D eigenvalue weighted by molar-refractivity contribution is -0.151. The van der Waals surface area contributed by atoms with Crippen LogP contribution in [0.25, 0.3) is 0 Å². The zero-order valence-electron chi connectivity index (χ0n) is 16.1. The number of carbonyl (C=O) groups is 4. The van der Waals surface area contributed by atoms with Crippen molar-refractivity contribution < 1.29 is 24.3 Å². The number of hydrogen-bond acceptors (Lipinski definition) is 4. The summed E-state index contributed by atoms with van der Waals surface area (Å²) in [7, 11) is 0. The SMILES string of the molecule is CC(=O)NCCN(C(=O)C1CCN(C(=O)N2CCCC2)CC1)C(C)C(=O)O. The zero-order valence-corrected chi connectivity index (χ0v) is 16.1. The zero-order chi connectivity index (χ0) is 20.0. The highest BCUT2D eigenvalue weighted by Crippen LogP contribution is 2.22. The summed E-state index contributed by atoms with van der Waals surface area (Å²) in [6, 6.07) is -0.921. The molecule has 27 heavy (non-hydrogen) atoms. The second-order valence-electron chi connectivity index (χ2n) is 7.27. The molecule has 2 aliphatic heterocycles. The first kappa shape index (κ1) is 21.0. The van der Waals surface area contributed by atoms with E-state index in [0.29, 0.717) is 25.9 Å². The Kier molecular flexibility index (Phi) is 7.44. The summed E-state index contributed by atoms with van der Waals surface area (Å²) in [5, 5.41) is 11.9. The predicted octanol–water partition coefficient (Wildman–Crippen LogP) is 0.352. The Hall–Kier alpha value is -2.32. The minimum Gasteiger partial charge on any atom is -0.480 e. The van der Waals surface area contributed by atoms with Gasteiger partial charge >= 0.3 is 12.0 Å². The molecule has 4 amide bonds. The fourth-order valence-corrected chi connectivity index (χ4v) is 3.64. The summed E-state index contributed by atoms with van der Waals surface area (Å²) in [4.78, 5) is 52.7. The molecule has 0 saturated carbocycles. The Morgan fingerprint density at radius 1 is 1.07 bits per heavy atom. The van der Waals surface area contributed by atoms with Crippen LogP contribution in [0, 0.1) is 5.92 Å². The lowest BCUT2D eigenvalue weighted by Gasteiger charge is -2.37. The number of nitrogens with zero attached hydrogens (tertiary/aromatic N) is 3. The summed E-state index contributed by atoms with van der Waals surface area (Å²) in [6.07, 6.45) is 3.14. The van der Waals surface area contributed by atoms with E-state index in [9.17, 15) is 24.3 Å². The average molecular weight is 382 g/mol. The molecule has 0 aliphatic carbocycles. The molecule has 2 rings (SSSR count). The van der Waals surface area contributed by atoms with Crippen LogP contribution in [0.4, 0.5) is 4.79 Å². The summed E-state index contributed by atoms with van der Waals surface area (Å²) < 4.78 is 0. The molecule has 2 aliphatic rings. The third-order valence-electron chi connectivity index (χ3n) is 5.33. The summed E-state index contributed by atoms with van der Waals surface area (Å²) in [5.41, 5.74) is 0. The topological polar surface area (TPSA) is 110 Å². The van der Waals surface area contributed by atoms with Crippen molar-refractivity contribution in [3.8, 4) is 0 Å². The monoisotopic (exact) mass is 382 g/mol. The molecule has 1 unspecified atom stereocenters. The lowest BCUT2D eigenvalue weighted by Crippen LogP contribution is -2.52. The molecule has 2 fully saturated rings. The van der Waals surface area contributed by atoms with Gasteiger partial charge in [-0.2, -0.15) is 0 Å². The maximum atomic E-state index is 12.9. The van der Waals surface area contributed by atoms with Gasteiger partial charge in [0, 0.05) is 52.1 Å². The Morgan fingerprint density at radius 3 is 2.15 bits per heavy atom. The number of nitrogens with one attached hydrogen (secondary N) is 1. The molecule has 2 saturated heterocycles. The lowest BCUT2D eigenvalue weighted by atomic mass is 9.94. The molecule has 152 valence electrons. The molecule has 9 nitrogen and oxygen atoms in total. The fraction of sp³-hybridized carbons (Fsp3) is 0.778. The van der Waals surface area contributed by atoms with Gasteiger partial charge in [-0.3, -0.25) is 9.59 Å². The van der Waals surface area contributed by atoms with Crippen molar-refractivity contribution in [1.29, 1.82) is 0 Å². The first-order chi connectivity index (χ1) is 12.8. The number of likely N-dealkylation sites (tertiary alicyclic amines) is 2. The van der Waals surface area contributed by atoms with Crippen LogP contribution in [0.15, 0.2) is 0 Å². The molecule has 0 bridgehead atoms. The highest BCUT2D eigenvalue weighted by Gasteiger charge is 2.35. The largest absolute Gasteiger partial charge is 0.480 e. The third kappa shape index (κ3) is 5.58. The van der Waals surface area contributed by atoms with Gasteiger partial charge in [-0.15, -0.1) is 0 Å². The number of rotatable bonds is 6. The number of carbonyl (C=O) groups excluding carboxylic acids is 3. The summed E-state index contributed by atoms with van der Waals surface area (Å²) >= 11 is 0. The number of hydrogen-bond donors (Lipinski definition) is 2. The Labute approximate surface area is 159 Å². The standard InChI is InChI=1S/C18H30N4O5/c1-13(17(25)26)22(12-7-19-14(2)23)16(24)15-5-10-21(11-6-15)18(27)20-8-3-4-9-20/h13,15H,3-12H2,1-2H3,(H,19,23)(H,25,26). The Balaban J connectivity index is 1.92. The minimum absolute atomic E-state index is 0.0415. The van der Waals surface area contributed by atoms with Crippen molar-refractivity contribution in [2.75, 3.05) is 39.3 Å². The van der Waals surface area contributed by atoms with Crippen LogP contribution in [0.2, 0.25) is 0 Å². The van der Waals surface area contributed by atoms with Gasteiger partial charge in [0.2, 0.25) is 11.8 Å². The van der Waals surface area contributed by atoms with Crippen LogP contribution in [-0.4, -0.2) is 88.9 Å². The number of amides is 4. The van der Waals surface area contributed by atoms with E-state index in [1.807, 2.05) is 4.90 Å². The smallest absolute Gasteiger partial charge is 0.326 e. The molecule has 0 aromatic carbocycles. The molecule has 2 N–H and O–H groups in total. The van der Waals surface area contributed by atoms with Crippen molar-refractivity contribution in [2.45, 2.75) is 45.6 Å². The number of aliphatic carboxylic acids is 1. The van der Waals surface area contributed by atoms with Gasteiger partial charge < -0.3 is 25.1 Å². The predicted molar refractivity (Wildman–Crippen MR) is 98.0 cm³/mol. The average Bonchev–Trinajstić information content (AvgIpc) is 3.18. The van der Waals surface area contributed by atoms with E-state index in [1.54, 1.807) is 4.90 Å². The van der Waals surface area contributed by atoms with Gasteiger partial charge in [-0.05, 0) is 32.6 Å². The van der Waals surface area contributed by atoms with Crippen LogP contribution in [0.1, 0.15) is 39.5 Å². The fourth-order valence-electron chi connectivity index (χ4n) is 3.64.